The minimum atomic E-state index is 0.103. The molecule has 0 atom stereocenters. The molecule has 3 heteroatoms. The van der Waals surface area contributed by atoms with Gasteiger partial charge in [0.15, 0.2) is 0 Å². The minimum absolute atomic E-state index is 0.103. The first kappa shape index (κ1) is 15.0. The maximum Gasteiger partial charge on any atom is 0.122 e. The second kappa shape index (κ2) is 6.76. The van der Waals surface area contributed by atoms with Crippen LogP contribution in [0.25, 0.3) is 0 Å². The average molecular weight is 250 g/mol. The normalized spacial score (nSPS) is 11.6. The van der Waals surface area contributed by atoms with Gasteiger partial charge in [-0.3, -0.25) is 0 Å². The van der Waals surface area contributed by atoms with Gasteiger partial charge in [-0.25, -0.2) is 0 Å². The molecule has 0 aliphatic carbocycles. The molecule has 18 heavy (non-hydrogen) atoms. The number of ether oxygens (including phenoxy) is 1. The van der Waals surface area contributed by atoms with Crippen LogP contribution in [0.1, 0.15) is 31.9 Å². The Morgan fingerprint density at radius 1 is 1.22 bits per heavy atom. The number of rotatable bonds is 6. The summed E-state index contributed by atoms with van der Waals surface area (Å²) in [5, 5.41) is 3.31. The molecule has 102 valence electrons. The van der Waals surface area contributed by atoms with E-state index in [1.807, 2.05) is 0 Å². The molecule has 1 aromatic rings. The van der Waals surface area contributed by atoms with Crippen molar-refractivity contribution in [3.05, 3.63) is 29.3 Å². The topological polar surface area (TPSA) is 47.3 Å². The Labute approximate surface area is 111 Å². The SMILES string of the molecule is COc1ccc(CCNCCN)cc1C(C)(C)C. The number of benzene rings is 1. The van der Waals surface area contributed by atoms with Gasteiger partial charge in [-0.1, -0.05) is 32.9 Å². The highest BCUT2D eigenvalue weighted by Gasteiger charge is 2.18. The molecule has 3 N–H and O–H groups in total. The van der Waals surface area contributed by atoms with Crippen LogP contribution in [0, 0.1) is 0 Å². The van der Waals surface area contributed by atoms with E-state index in [0.717, 1.165) is 25.3 Å². The average Bonchev–Trinajstić information content (AvgIpc) is 2.33. The summed E-state index contributed by atoms with van der Waals surface area (Å²) in [7, 11) is 1.73. The zero-order valence-electron chi connectivity index (χ0n) is 12.0. The van der Waals surface area contributed by atoms with Crippen molar-refractivity contribution in [3.8, 4) is 5.75 Å². The van der Waals surface area contributed by atoms with Gasteiger partial charge in [0.2, 0.25) is 0 Å². The molecule has 1 rings (SSSR count). The van der Waals surface area contributed by atoms with E-state index in [-0.39, 0.29) is 5.41 Å². The van der Waals surface area contributed by atoms with Gasteiger partial charge in [0, 0.05) is 13.1 Å². The summed E-state index contributed by atoms with van der Waals surface area (Å²) < 4.78 is 5.44. The van der Waals surface area contributed by atoms with Crippen LogP contribution < -0.4 is 15.8 Å². The van der Waals surface area contributed by atoms with E-state index in [9.17, 15) is 0 Å². The monoisotopic (exact) mass is 250 g/mol. The molecule has 0 spiro atoms. The van der Waals surface area contributed by atoms with E-state index in [2.05, 4.69) is 44.3 Å². The minimum Gasteiger partial charge on any atom is -0.496 e. The molecule has 0 saturated carbocycles. The largest absolute Gasteiger partial charge is 0.496 e. The van der Waals surface area contributed by atoms with Crippen molar-refractivity contribution >= 4 is 0 Å². The zero-order chi connectivity index (χ0) is 13.6. The standard InChI is InChI=1S/C15H26N2O/c1-15(2,3)13-11-12(5-6-14(13)18-4)7-9-17-10-8-16/h5-6,11,17H,7-10,16H2,1-4H3. The summed E-state index contributed by atoms with van der Waals surface area (Å²) >= 11 is 0. The molecule has 0 radical (unpaired) electrons. The molecular formula is C15H26N2O. The summed E-state index contributed by atoms with van der Waals surface area (Å²) in [6, 6.07) is 6.46. The highest BCUT2D eigenvalue weighted by atomic mass is 16.5. The van der Waals surface area contributed by atoms with Crippen LogP contribution in [-0.2, 0) is 11.8 Å². The fourth-order valence-electron chi connectivity index (χ4n) is 1.96. The molecule has 1 aromatic carbocycles. The van der Waals surface area contributed by atoms with Gasteiger partial charge in [0.1, 0.15) is 5.75 Å². The Kier molecular flexibility index (Phi) is 5.63. The van der Waals surface area contributed by atoms with Crippen LogP contribution in [-0.4, -0.2) is 26.7 Å². The zero-order valence-corrected chi connectivity index (χ0v) is 12.0. The Hall–Kier alpha value is -1.06. The van der Waals surface area contributed by atoms with Gasteiger partial charge < -0.3 is 15.8 Å². The predicted molar refractivity (Wildman–Crippen MR) is 77.3 cm³/mol. The Bertz CT molecular complexity index is 369. The van der Waals surface area contributed by atoms with Crippen LogP contribution in [0.5, 0.6) is 5.75 Å². The van der Waals surface area contributed by atoms with E-state index in [1.54, 1.807) is 7.11 Å². The Morgan fingerprint density at radius 2 is 1.94 bits per heavy atom. The maximum absolute atomic E-state index is 5.45. The number of nitrogens with one attached hydrogen (secondary N) is 1. The van der Waals surface area contributed by atoms with Crippen molar-refractivity contribution < 1.29 is 4.74 Å². The van der Waals surface area contributed by atoms with E-state index in [0.29, 0.717) is 6.54 Å². The molecule has 0 unspecified atom stereocenters. The van der Waals surface area contributed by atoms with Crippen LogP contribution in [0.3, 0.4) is 0 Å². The lowest BCUT2D eigenvalue weighted by Crippen LogP contribution is -2.24. The summed E-state index contributed by atoms with van der Waals surface area (Å²) in [5.74, 6) is 0.973. The first-order valence-corrected chi connectivity index (χ1v) is 6.57. The lowest BCUT2D eigenvalue weighted by atomic mass is 9.85. The molecule has 0 aliphatic rings. The fraction of sp³-hybridized carbons (Fsp3) is 0.600. The predicted octanol–water partition coefficient (Wildman–Crippen LogP) is 2.08. The number of nitrogens with two attached hydrogens (primary N) is 1. The van der Waals surface area contributed by atoms with Gasteiger partial charge in [0.25, 0.3) is 0 Å². The molecule has 0 heterocycles. The number of methoxy groups -OCH3 is 1. The van der Waals surface area contributed by atoms with E-state index < -0.39 is 0 Å². The Balaban J connectivity index is 2.77. The second-order valence-electron chi connectivity index (χ2n) is 5.57. The first-order chi connectivity index (χ1) is 8.49. The van der Waals surface area contributed by atoms with E-state index >= 15 is 0 Å². The van der Waals surface area contributed by atoms with Crippen molar-refractivity contribution in [1.29, 1.82) is 0 Å². The van der Waals surface area contributed by atoms with Crippen LogP contribution in [0.2, 0.25) is 0 Å². The van der Waals surface area contributed by atoms with Crippen LogP contribution in [0.4, 0.5) is 0 Å². The van der Waals surface area contributed by atoms with Crippen LogP contribution in [0.15, 0.2) is 18.2 Å². The number of hydrogen-bond donors (Lipinski definition) is 2. The summed E-state index contributed by atoms with van der Waals surface area (Å²) in [5.41, 5.74) is 8.15. The van der Waals surface area contributed by atoms with Gasteiger partial charge in [-0.15, -0.1) is 0 Å². The molecule has 0 aliphatic heterocycles. The fourth-order valence-corrected chi connectivity index (χ4v) is 1.96. The molecule has 0 fully saturated rings. The first-order valence-electron chi connectivity index (χ1n) is 6.57. The highest BCUT2D eigenvalue weighted by Crippen LogP contribution is 2.31. The van der Waals surface area contributed by atoms with E-state index in [4.69, 9.17) is 10.5 Å². The van der Waals surface area contributed by atoms with Crippen LogP contribution >= 0.6 is 0 Å². The summed E-state index contributed by atoms with van der Waals surface area (Å²) in [6.45, 7) is 9.16. The number of hydrogen-bond acceptors (Lipinski definition) is 3. The third kappa shape index (κ3) is 4.31. The summed E-state index contributed by atoms with van der Waals surface area (Å²) in [4.78, 5) is 0. The lowest BCUT2D eigenvalue weighted by Gasteiger charge is -2.23. The lowest BCUT2D eigenvalue weighted by molar-refractivity contribution is 0.397. The van der Waals surface area contributed by atoms with Crippen molar-refractivity contribution in [1.82, 2.24) is 5.32 Å². The molecule has 3 nitrogen and oxygen atoms in total. The van der Waals surface area contributed by atoms with Crippen molar-refractivity contribution in [2.24, 2.45) is 5.73 Å². The maximum atomic E-state index is 5.45. The highest BCUT2D eigenvalue weighted by molar-refractivity contribution is 5.41. The third-order valence-electron chi connectivity index (χ3n) is 2.98. The van der Waals surface area contributed by atoms with Crippen molar-refractivity contribution in [2.45, 2.75) is 32.6 Å². The van der Waals surface area contributed by atoms with Crippen molar-refractivity contribution in [3.63, 3.8) is 0 Å². The Morgan fingerprint density at radius 3 is 2.50 bits per heavy atom. The molecule has 0 saturated heterocycles. The van der Waals surface area contributed by atoms with Crippen molar-refractivity contribution in [2.75, 3.05) is 26.7 Å². The quantitative estimate of drug-likeness (QED) is 0.760. The molecule has 0 bridgehead atoms. The molecule has 0 aromatic heterocycles. The van der Waals surface area contributed by atoms with Gasteiger partial charge in [-0.05, 0) is 35.6 Å². The summed E-state index contributed by atoms with van der Waals surface area (Å²) in [6.07, 6.45) is 1.02. The van der Waals surface area contributed by atoms with Gasteiger partial charge in [0.05, 0.1) is 7.11 Å². The van der Waals surface area contributed by atoms with E-state index in [1.165, 1.54) is 11.1 Å². The third-order valence-corrected chi connectivity index (χ3v) is 2.98. The smallest absolute Gasteiger partial charge is 0.122 e. The second-order valence-corrected chi connectivity index (χ2v) is 5.57. The molecule has 0 amide bonds. The molecular weight excluding hydrogens is 224 g/mol. The van der Waals surface area contributed by atoms with Gasteiger partial charge >= 0.3 is 0 Å². The van der Waals surface area contributed by atoms with Gasteiger partial charge in [-0.2, -0.15) is 0 Å².